The molecule has 0 spiro atoms. The fourth-order valence-electron chi connectivity index (χ4n) is 1.96. The standard InChI is InChI=1S/C13H18F3NO3S/c1-4-17(8-13(14,15)16)21(19,20)12-6-11(7-18)5-9(2)10(12)3/h5-6,18H,4,7-8H2,1-3H3. The zero-order valence-corrected chi connectivity index (χ0v) is 12.8. The number of aryl methyl sites for hydroxylation is 1. The molecule has 0 atom stereocenters. The van der Waals surface area contributed by atoms with E-state index in [1.807, 2.05) is 0 Å². The Hall–Kier alpha value is -1.12. The van der Waals surface area contributed by atoms with Gasteiger partial charge in [0.15, 0.2) is 0 Å². The molecule has 0 aliphatic carbocycles. The number of hydrogen-bond acceptors (Lipinski definition) is 3. The van der Waals surface area contributed by atoms with Crippen molar-refractivity contribution < 1.29 is 26.7 Å². The van der Waals surface area contributed by atoms with Crippen molar-refractivity contribution in [3.8, 4) is 0 Å². The molecule has 8 heteroatoms. The highest BCUT2D eigenvalue weighted by Gasteiger charge is 2.36. The second-order valence-electron chi connectivity index (χ2n) is 4.74. The Kier molecular flexibility index (Phi) is 5.40. The highest BCUT2D eigenvalue weighted by molar-refractivity contribution is 7.89. The second-order valence-corrected chi connectivity index (χ2v) is 6.65. The first-order valence-electron chi connectivity index (χ1n) is 6.30. The van der Waals surface area contributed by atoms with Crippen LogP contribution in [0, 0.1) is 13.8 Å². The SMILES string of the molecule is CCN(CC(F)(F)F)S(=O)(=O)c1cc(CO)cc(C)c1C. The van der Waals surface area contributed by atoms with E-state index in [1.165, 1.54) is 19.9 Å². The number of aliphatic hydroxyl groups excluding tert-OH is 1. The lowest BCUT2D eigenvalue weighted by atomic mass is 10.1. The molecule has 0 aromatic heterocycles. The Balaban J connectivity index is 3.38. The zero-order chi connectivity index (χ0) is 16.4. The Morgan fingerprint density at radius 3 is 2.24 bits per heavy atom. The van der Waals surface area contributed by atoms with E-state index in [0.29, 0.717) is 21.0 Å². The first kappa shape index (κ1) is 17.9. The Morgan fingerprint density at radius 1 is 1.24 bits per heavy atom. The number of hydrogen-bond donors (Lipinski definition) is 1. The maximum absolute atomic E-state index is 12.5. The minimum absolute atomic E-state index is 0.197. The van der Waals surface area contributed by atoms with Gasteiger partial charge in [-0.05, 0) is 36.6 Å². The Morgan fingerprint density at radius 2 is 1.81 bits per heavy atom. The van der Waals surface area contributed by atoms with E-state index in [9.17, 15) is 21.6 Å². The topological polar surface area (TPSA) is 57.6 Å². The molecule has 4 nitrogen and oxygen atoms in total. The van der Waals surface area contributed by atoms with E-state index in [4.69, 9.17) is 5.11 Å². The average molecular weight is 325 g/mol. The average Bonchev–Trinajstić information content (AvgIpc) is 2.37. The molecule has 0 amide bonds. The van der Waals surface area contributed by atoms with Gasteiger partial charge in [-0.25, -0.2) is 8.42 Å². The number of nitrogens with zero attached hydrogens (tertiary/aromatic N) is 1. The van der Waals surface area contributed by atoms with Crippen LogP contribution < -0.4 is 0 Å². The van der Waals surface area contributed by atoms with Crippen molar-refractivity contribution in [3.63, 3.8) is 0 Å². The summed E-state index contributed by atoms with van der Waals surface area (Å²) in [6.45, 7) is 2.33. The van der Waals surface area contributed by atoms with Gasteiger partial charge >= 0.3 is 6.18 Å². The van der Waals surface area contributed by atoms with Crippen molar-refractivity contribution >= 4 is 10.0 Å². The van der Waals surface area contributed by atoms with Gasteiger partial charge in [-0.1, -0.05) is 13.0 Å². The van der Waals surface area contributed by atoms with Crippen molar-refractivity contribution in [2.45, 2.75) is 38.4 Å². The molecule has 0 aliphatic rings. The van der Waals surface area contributed by atoms with Crippen LogP contribution in [0.15, 0.2) is 17.0 Å². The largest absolute Gasteiger partial charge is 0.402 e. The number of rotatable bonds is 5. The van der Waals surface area contributed by atoms with Gasteiger partial charge in [0.1, 0.15) is 6.54 Å². The predicted octanol–water partition coefficient (Wildman–Crippen LogP) is 2.37. The number of alkyl halides is 3. The Labute approximate surface area is 122 Å². The van der Waals surface area contributed by atoms with Crippen LogP contribution in [0.3, 0.4) is 0 Å². The van der Waals surface area contributed by atoms with E-state index in [1.54, 1.807) is 13.0 Å². The lowest BCUT2D eigenvalue weighted by molar-refractivity contribution is -0.135. The Bertz CT molecular complexity index is 612. The number of benzene rings is 1. The molecular formula is C13H18F3NO3S. The summed E-state index contributed by atoms with van der Waals surface area (Å²) >= 11 is 0. The molecule has 0 saturated carbocycles. The van der Waals surface area contributed by atoms with Crippen LogP contribution in [0.25, 0.3) is 0 Å². The first-order valence-corrected chi connectivity index (χ1v) is 7.74. The van der Waals surface area contributed by atoms with E-state index in [2.05, 4.69) is 0 Å². The van der Waals surface area contributed by atoms with Gasteiger partial charge in [0.25, 0.3) is 0 Å². The minimum Gasteiger partial charge on any atom is -0.392 e. The van der Waals surface area contributed by atoms with Crippen LogP contribution in [0.5, 0.6) is 0 Å². The van der Waals surface area contributed by atoms with E-state index in [0.717, 1.165) is 0 Å². The summed E-state index contributed by atoms with van der Waals surface area (Å²) in [7, 11) is -4.27. The van der Waals surface area contributed by atoms with Crippen molar-refractivity contribution in [2.24, 2.45) is 0 Å². The summed E-state index contributed by atoms with van der Waals surface area (Å²) in [4.78, 5) is -0.197. The molecule has 120 valence electrons. The van der Waals surface area contributed by atoms with Crippen molar-refractivity contribution in [1.29, 1.82) is 0 Å². The van der Waals surface area contributed by atoms with Gasteiger partial charge < -0.3 is 5.11 Å². The van der Waals surface area contributed by atoms with Crippen molar-refractivity contribution in [3.05, 3.63) is 28.8 Å². The summed E-state index contributed by atoms with van der Waals surface area (Å²) in [5, 5.41) is 9.14. The quantitative estimate of drug-likeness (QED) is 0.904. The first-order chi connectivity index (χ1) is 9.52. The maximum Gasteiger partial charge on any atom is 0.402 e. The minimum atomic E-state index is -4.61. The molecular weight excluding hydrogens is 307 g/mol. The van der Waals surface area contributed by atoms with Crippen molar-refractivity contribution in [2.75, 3.05) is 13.1 Å². The van der Waals surface area contributed by atoms with Crippen LogP contribution >= 0.6 is 0 Å². The van der Waals surface area contributed by atoms with Gasteiger partial charge in [-0.3, -0.25) is 0 Å². The van der Waals surface area contributed by atoms with Gasteiger partial charge in [-0.15, -0.1) is 0 Å². The predicted molar refractivity (Wildman–Crippen MR) is 72.3 cm³/mol. The number of aliphatic hydroxyl groups is 1. The lowest BCUT2D eigenvalue weighted by Gasteiger charge is -2.23. The molecule has 0 aliphatic heterocycles. The molecule has 0 saturated heterocycles. The van der Waals surface area contributed by atoms with E-state index < -0.39 is 22.7 Å². The van der Waals surface area contributed by atoms with Crippen LogP contribution in [0.1, 0.15) is 23.6 Å². The maximum atomic E-state index is 12.5. The lowest BCUT2D eigenvalue weighted by Crippen LogP contribution is -2.39. The third kappa shape index (κ3) is 4.18. The third-order valence-electron chi connectivity index (χ3n) is 3.19. The molecule has 1 aromatic carbocycles. The summed E-state index contributed by atoms with van der Waals surface area (Å²) in [5.41, 5.74) is 1.33. The smallest absolute Gasteiger partial charge is 0.392 e. The number of halogens is 3. The van der Waals surface area contributed by atoms with E-state index >= 15 is 0 Å². The van der Waals surface area contributed by atoms with Gasteiger partial charge in [0.05, 0.1) is 11.5 Å². The molecule has 21 heavy (non-hydrogen) atoms. The van der Waals surface area contributed by atoms with Gasteiger partial charge in [0.2, 0.25) is 10.0 Å². The molecule has 0 radical (unpaired) electrons. The molecule has 0 fully saturated rings. The van der Waals surface area contributed by atoms with Crippen LogP contribution in [-0.4, -0.2) is 37.1 Å². The van der Waals surface area contributed by atoms with Gasteiger partial charge in [-0.2, -0.15) is 17.5 Å². The highest BCUT2D eigenvalue weighted by atomic mass is 32.2. The molecule has 1 N–H and O–H groups in total. The molecule has 0 bridgehead atoms. The summed E-state index contributed by atoms with van der Waals surface area (Å²) in [6, 6.07) is 2.82. The van der Waals surface area contributed by atoms with Crippen LogP contribution in [-0.2, 0) is 16.6 Å². The fraction of sp³-hybridized carbons (Fsp3) is 0.538. The zero-order valence-electron chi connectivity index (χ0n) is 12.0. The normalized spacial score (nSPS) is 13.0. The third-order valence-corrected chi connectivity index (χ3v) is 5.24. The molecule has 0 heterocycles. The monoisotopic (exact) mass is 325 g/mol. The highest BCUT2D eigenvalue weighted by Crippen LogP contribution is 2.27. The molecule has 1 rings (SSSR count). The van der Waals surface area contributed by atoms with E-state index in [-0.39, 0.29) is 18.0 Å². The van der Waals surface area contributed by atoms with Crippen LogP contribution in [0.4, 0.5) is 13.2 Å². The second kappa shape index (κ2) is 6.33. The summed E-state index contributed by atoms with van der Waals surface area (Å²) in [5.74, 6) is 0. The summed E-state index contributed by atoms with van der Waals surface area (Å²) < 4.78 is 62.8. The van der Waals surface area contributed by atoms with Crippen molar-refractivity contribution in [1.82, 2.24) is 4.31 Å². The van der Waals surface area contributed by atoms with Gasteiger partial charge in [0, 0.05) is 6.54 Å². The molecule has 0 unspecified atom stereocenters. The summed E-state index contributed by atoms with van der Waals surface area (Å²) in [6.07, 6.45) is -4.61. The number of sulfonamides is 1. The molecule has 1 aromatic rings. The van der Waals surface area contributed by atoms with Crippen LogP contribution in [0.2, 0.25) is 0 Å². The fourth-order valence-corrected chi connectivity index (χ4v) is 3.75.